The number of ether oxygens (including phenoxy) is 1. The van der Waals surface area contributed by atoms with Gasteiger partial charge in [-0.2, -0.15) is 5.10 Å². The minimum Gasteiger partial charge on any atom is -0.482 e. The van der Waals surface area contributed by atoms with Crippen molar-refractivity contribution in [1.82, 2.24) is 20.1 Å². The number of carbonyl (C=O) groups excluding carboxylic acids is 2. The van der Waals surface area contributed by atoms with Crippen LogP contribution in [0.2, 0.25) is 0 Å². The van der Waals surface area contributed by atoms with Crippen molar-refractivity contribution in [2.45, 2.75) is 26.3 Å². The quantitative estimate of drug-likeness (QED) is 0.879. The van der Waals surface area contributed by atoms with Crippen LogP contribution < -0.4 is 15.0 Å². The van der Waals surface area contributed by atoms with Crippen molar-refractivity contribution in [3.8, 4) is 5.75 Å². The Balaban J connectivity index is 1.75. The van der Waals surface area contributed by atoms with Crippen molar-refractivity contribution in [3.05, 3.63) is 35.9 Å². The molecule has 2 amide bonds. The fraction of sp³-hybridized carbons (Fsp3) is 0.412. The number of aromatic nitrogens is 3. The Hall–Kier alpha value is -2.90. The van der Waals surface area contributed by atoms with E-state index in [0.717, 1.165) is 5.56 Å². The summed E-state index contributed by atoms with van der Waals surface area (Å²) in [6.45, 7) is 3.76. The maximum atomic E-state index is 12.5. The molecule has 1 aromatic carbocycles. The SMILES string of the molecule is CCC(NC(=O)CN1C(=O)COc2ccc(C)cc21)c1ncnn1C. The van der Waals surface area contributed by atoms with Crippen LogP contribution in [0.15, 0.2) is 24.5 Å². The van der Waals surface area contributed by atoms with Crippen LogP contribution in [0.5, 0.6) is 5.75 Å². The Morgan fingerprint density at radius 3 is 2.92 bits per heavy atom. The third-order valence-corrected chi connectivity index (χ3v) is 4.16. The van der Waals surface area contributed by atoms with Gasteiger partial charge in [0.2, 0.25) is 5.91 Å². The molecule has 8 heteroatoms. The Morgan fingerprint density at radius 1 is 1.44 bits per heavy atom. The van der Waals surface area contributed by atoms with E-state index in [1.165, 1.54) is 11.2 Å². The minimum absolute atomic E-state index is 0.0625. The van der Waals surface area contributed by atoms with Gasteiger partial charge in [-0.05, 0) is 31.0 Å². The molecule has 0 spiro atoms. The number of rotatable bonds is 5. The number of fused-ring (bicyclic) bond motifs is 1. The second-order valence-corrected chi connectivity index (χ2v) is 6.01. The van der Waals surface area contributed by atoms with Gasteiger partial charge in [-0.3, -0.25) is 19.2 Å². The van der Waals surface area contributed by atoms with Crippen molar-refractivity contribution in [2.75, 3.05) is 18.1 Å². The highest BCUT2D eigenvalue weighted by molar-refractivity contribution is 6.02. The smallest absolute Gasteiger partial charge is 0.265 e. The van der Waals surface area contributed by atoms with Gasteiger partial charge in [0.1, 0.15) is 24.4 Å². The second-order valence-electron chi connectivity index (χ2n) is 6.01. The molecular weight excluding hydrogens is 322 g/mol. The van der Waals surface area contributed by atoms with Crippen LogP contribution in [0.3, 0.4) is 0 Å². The van der Waals surface area contributed by atoms with Crippen LogP contribution in [0.1, 0.15) is 30.8 Å². The molecule has 1 aromatic heterocycles. The van der Waals surface area contributed by atoms with Crippen LogP contribution in [0.4, 0.5) is 5.69 Å². The van der Waals surface area contributed by atoms with Crippen molar-refractivity contribution in [1.29, 1.82) is 0 Å². The normalized spacial score (nSPS) is 14.7. The molecule has 1 unspecified atom stereocenters. The molecule has 1 N–H and O–H groups in total. The molecule has 2 aromatic rings. The number of hydrogen-bond acceptors (Lipinski definition) is 5. The van der Waals surface area contributed by atoms with Crippen LogP contribution in [-0.4, -0.2) is 39.7 Å². The van der Waals surface area contributed by atoms with E-state index >= 15 is 0 Å². The number of benzene rings is 1. The first-order chi connectivity index (χ1) is 12.0. The van der Waals surface area contributed by atoms with Crippen LogP contribution >= 0.6 is 0 Å². The third kappa shape index (κ3) is 3.47. The first kappa shape index (κ1) is 16.9. The van der Waals surface area contributed by atoms with Crippen LogP contribution in [0, 0.1) is 6.92 Å². The van der Waals surface area contributed by atoms with Gasteiger partial charge in [-0.15, -0.1) is 0 Å². The van der Waals surface area contributed by atoms with Crippen molar-refractivity contribution in [2.24, 2.45) is 7.05 Å². The van der Waals surface area contributed by atoms with Crippen LogP contribution in [-0.2, 0) is 16.6 Å². The maximum absolute atomic E-state index is 12.5. The fourth-order valence-electron chi connectivity index (χ4n) is 2.84. The summed E-state index contributed by atoms with van der Waals surface area (Å²) in [6.07, 6.45) is 2.12. The molecule has 0 saturated carbocycles. The zero-order valence-electron chi connectivity index (χ0n) is 14.5. The molecule has 132 valence electrons. The summed E-state index contributed by atoms with van der Waals surface area (Å²) < 4.78 is 7.07. The van der Waals surface area contributed by atoms with E-state index in [0.29, 0.717) is 23.7 Å². The van der Waals surface area contributed by atoms with E-state index in [1.54, 1.807) is 11.7 Å². The summed E-state index contributed by atoms with van der Waals surface area (Å²) in [4.78, 5) is 30.4. The summed E-state index contributed by atoms with van der Waals surface area (Å²) in [5.41, 5.74) is 1.62. The highest BCUT2D eigenvalue weighted by Gasteiger charge is 2.28. The second kappa shape index (κ2) is 6.92. The fourth-order valence-corrected chi connectivity index (χ4v) is 2.84. The number of anilines is 1. The van der Waals surface area contributed by atoms with Gasteiger partial charge < -0.3 is 10.1 Å². The molecule has 1 aliphatic heterocycles. The predicted molar refractivity (Wildman–Crippen MR) is 91.2 cm³/mol. The summed E-state index contributed by atoms with van der Waals surface area (Å²) in [6, 6.07) is 5.32. The van der Waals surface area contributed by atoms with Gasteiger partial charge in [0.25, 0.3) is 5.91 Å². The predicted octanol–water partition coefficient (Wildman–Crippen LogP) is 1.12. The van der Waals surface area contributed by atoms with E-state index in [-0.39, 0.29) is 31.0 Å². The molecule has 1 aliphatic rings. The van der Waals surface area contributed by atoms with E-state index in [4.69, 9.17) is 4.74 Å². The molecule has 2 heterocycles. The molecule has 3 rings (SSSR count). The van der Waals surface area contributed by atoms with Gasteiger partial charge in [0.05, 0.1) is 11.7 Å². The summed E-state index contributed by atoms with van der Waals surface area (Å²) in [5, 5.41) is 6.96. The number of amides is 2. The molecule has 0 aliphatic carbocycles. The first-order valence-corrected chi connectivity index (χ1v) is 8.16. The largest absolute Gasteiger partial charge is 0.482 e. The van der Waals surface area contributed by atoms with Crippen LogP contribution in [0.25, 0.3) is 0 Å². The molecule has 25 heavy (non-hydrogen) atoms. The number of carbonyl (C=O) groups is 2. The number of hydrogen-bond donors (Lipinski definition) is 1. The Kier molecular flexibility index (Phi) is 4.69. The minimum atomic E-state index is -0.256. The van der Waals surface area contributed by atoms with Crippen molar-refractivity contribution >= 4 is 17.5 Å². The molecule has 0 radical (unpaired) electrons. The zero-order valence-corrected chi connectivity index (χ0v) is 14.5. The zero-order chi connectivity index (χ0) is 18.0. The van der Waals surface area contributed by atoms with E-state index < -0.39 is 0 Å². The van der Waals surface area contributed by atoms with Gasteiger partial charge in [-0.25, -0.2) is 4.98 Å². The Bertz CT molecular complexity index is 801. The lowest BCUT2D eigenvalue weighted by molar-refractivity contribution is -0.125. The van der Waals surface area contributed by atoms with Gasteiger partial charge in [0, 0.05) is 7.05 Å². The lowest BCUT2D eigenvalue weighted by Crippen LogP contribution is -2.46. The Labute approximate surface area is 145 Å². The molecular formula is C17H21N5O3. The summed E-state index contributed by atoms with van der Waals surface area (Å²) in [5.74, 6) is 0.802. The summed E-state index contributed by atoms with van der Waals surface area (Å²) in [7, 11) is 1.78. The van der Waals surface area contributed by atoms with Gasteiger partial charge in [-0.1, -0.05) is 13.0 Å². The molecule has 0 saturated heterocycles. The molecule has 0 fully saturated rings. The number of aryl methyl sites for hydroxylation is 2. The average Bonchev–Trinajstić information content (AvgIpc) is 3.01. The van der Waals surface area contributed by atoms with E-state index in [9.17, 15) is 9.59 Å². The standard InChI is InChI=1S/C17H21N5O3/c1-4-12(17-18-10-19-21(17)3)20-15(23)8-22-13-7-11(2)5-6-14(13)25-9-16(22)24/h5-7,10,12H,4,8-9H2,1-3H3,(H,20,23). The number of nitrogens with one attached hydrogen (secondary N) is 1. The lowest BCUT2D eigenvalue weighted by atomic mass is 10.1. The Morgan fingerprint density at radius 2 is 2.24 bits per heavy atom. The molecule has 0 bridgehead atoms. The lowest BCUT2D eigenvalue weighted by Gasteiger charge is -2.29. The topological polar surface area (TPSA) is 89.3 Å². The monoisotopic (exact) mass is 343 g/mol. The highest BCUT2D eigenvalue weighted by atomic mass is 16.5. The van der Waals surface area contributed by atoms with E-state index in [2.05, 4.69) is 15.4 Å². The van der Waals surface area contributed by atoms with Crippen molar-refractivity contribution < 1.29 is 14.3 Å². The van der Waals surface area contributed by atoms with Gasteiger partial charge >= 0.3 is 0 Å². The molecule has 8 nitrogen and oxygen atoms in total. The number of nitrogens with zero attached hydrogens (tertiary/aromatic N) is 4. The highest BCUT2D eigenvalue weighted by Crippen LogP contribution is 2.32. The summed E-state index contributed by atoms with van der Waals surface area (Å²) >= 11 is 0. The van der Waals surface area contributed by atoms with Gasteiger partial charge in [0.15, 0.2) is 6.61 Å². The average molecular weight is 343 g/mol. The van der Waals surface area contributed by atoms with E-state index in [1.807, 2.05) is 32.0 Å². The maximum Gasteiger partial charge on any atom is 0.265 e. The third-order valence-electron chi connectivity index (χ3n) is 4.16. The molecule has 1 atom stereocenters. The first-order valence-electron chi connectivity index (χ1n) is 8.16. The van der Waals surface area contributed by atoms with Crippen molar-refractivity contribution in [3.63, 3.8) is 0 Å².